The van der Waals surface area contributed by atoms with Crippen LogP contribution in [-0.2, 0) is 16.2 Å². The van der Waals surface area contributed by atoms with E-state index in [0.29, 0.717) is 29.4 Å². The summed E-state index contributed by atoms with van der Waals surface area (Å²) in [5.74, 6) is -0.283. The predicted octanol–water partition coefficient (Wildman–Crippen LogP) is 5.17. The molecule has 3 aromatic carbocycles. The van der Waals surface area contributed by atoms with E-state index in [9.17, 15) is 19.7 Å². The highest BCUT2D eigenvalue weighted by Crippen LogP contribution is 2.31. The van der Waals surface area contributed by atoms with Crippen LogP contribution in [0.2, 0.25) is 0 Å². The van der Waals surface area contributed by atoms with Gasteiger partial charge in [-0.15, -0.1) is 0 Å². The highest BCUT2D eigenvalue weighted by atomic mass is 79.9. The van der Waals surface area contributed by atoms with Crippen molar-refractivity contribution >= 4 is 62.5 Å². The number of nitrogens with one attached hydrogen (secondary N) is 1. The molecule has 3 aromatic rings. The first-order valence-electron chi connectivity index (χ1n) is 11.1. The lowest BCUT2D eigenvalue weighted by atomic mass is 10.1. The second kappa shape index (κ2) is 11.3. The molecule has 9 nitrogen and oxygen atoms in total. The van der Waals surface area contributed by atoms with Crippen LogP contribution < -0.4 is 19.7 Å². The summed E-state index contributed by atoms with van der Waals surface area (Å²) in [6.07, 6.45) is 1.47. The van der Waals surface area contributed by atoms with Crippen LogP contribution in [0.15, 0.2) is 76.8 Å². The van der Waals surface area contributed by atoms with Crippen molar-refractivity contribution in [2.45, 2.75) is 13.5 Å². The van der Waals surface area contributed by atoms with E-state index in [1.807, 2.05) is 6.92 Å². The Morgan fingerprint density at radius 3 is 2.38 bits per heavy atom. The van der Waals surface area contributed by atoms with Crippen LogP contribution in [0, 0.1) is 10.1 Å². The second-order valence-electron chi connectivity index (χ2n) is 7.79. The van der Waals surface area contributed by atoms with Crippen LogP contribution in [-0.4, -0.2) is 28.5 Å². The van der Waals surface area contributed by atoms with Gasteiger partial charge in [0.2, 0.25) is 0 Å². The Hall–Kier alpha value is -4.09. The number of amides is 2. The molecule has 0 unspecified atom stereocenters. The number of benzene rings is 3. The van der Waals surface area contributed by atoms with Crippen LogP contribution >= 0.6 is 28.1 Å². The number of non-ortho nitro benzene ring substituents is 1. The summed E-state index contributed by atoms with van der Waals surface area (Å²) in [6, 6.07) is 18.1. The lowest BCUT2D eigenvalue weighted by molar-refractivity contribution is -0.384. The largest absolute Gasteiger partial charge is 0.490 e. The summed E-state index contributed by atoms with van der Waals surface area (Å²) >= 11 is 8.60. The van der Waals surface area contributed by atoms with Crippen molar-refractivity contribution in [2.24, 2.45) is 0 Å². The standard InChI is InChI=1S/C26H20BrN3O6S/c1-2-35-23-14-17(5-12-22(23)36-15-16-3-8-20(9-4-16)30(33)34)13-21-24(31)28-26(37)29(25(21)32)19-10-6-18(27)7-11-19/h3-14H,2,15H2,1H3,(H,28,31,37)/b21-13+. The van der Waals surface area contributed by atoms with E-state index in [-0.39, 0.29) is 23.0 Å². The van der Waals surface area contributed by atoms with Gasteiger partial charge in [0, 0.05) is 16.6 Å². The van der Waals surface area contributed by atoms with Gasteiger partial charge >= 0.3 is 0 Å². The van der Waals surface area contributed by atoms with Crippen LogP contribution in [0.5, 0.6) is 11.5 Å². The fourth-order valence-electron chi connectivity index (χ4n) is 3.53. The van der Waals surface area contributed by atoms with Gasteiger partial charge in [-0.1, -0.05) is 22.0 Å². The van der Waals surface area contributed by atoms with E-state index in [1.165, 1.54) is 23.1 Å². The zero-order valence-corrected chi connectivity index (χ0v) is 21.9. The zero-order valence-electron chi connectivity index (χ0n) is 19.5. The minimum atomic E-state index is -0.597. The molecule has 188 valence electrons. The molecule has 0 saturated carbocycles. The molecular formula is C26H20BrN3O6S. The number of anilines is 1. The normalized spacial score (nSPS) is 14.5. The molecule has 0 aliphatic carbocycles. The maximum atomic E-state index is 13.2. The first kappa shape index (κ1) is 26.0. The Morgan fingerprint density at radius 2 is 1.73 bits per heavy atom. The van der Waals surface area contributed by atoms with Crippen LogP contribution in [0.4, 0.5) is 11.4 Å². The fourth-order valence-corrected chi connectivity index (χ4v) is 4.07. The first-order chi connectivity index (χ1) is 17.8. The fraction of sp³-hybridized carbons (Fsp3) is 0.115. The third-order valence-electron chi connectivity index (χ3n) is 5.31. The number of halogens is 1. The molecule has 0 radical (unpaired) electrons. The number of hydrogen-bond donors (Lipinski definition) is 1. The van der Waals surface area contributed by atoms with Crippen molar-refractivity contribution in [1.82, 2.24) is 5.32 Å². The van der Waals surface area contributed by atoms with Gasteiger partial charge in [0.05, 0.1) is 17.2 Å². The average Bonchev–Trinajstić information content (AvgIpc) is 2.87. The van der Waals surface area contributed by atoms with Crippen molar-refractivity contribution in [3.8, 4) is 11.5 Å². The molecule has 1 N–H and O–H groups in total. The molecule has 0 bridgehead atoms. The Bertz CT molecular complexity index is 1410. The summed E-state index contributed by atoms with van der Waals surface area (Å²) in [5.41, 5.74) is 1.73. The van der Waals surface area contributed by atoms with E-state index in [1.54, 1.807) is 54.6 Å². The van der Waals surface area contributed by atoms with Gasteiger partial charge in [-0.05, 0) is 84.9 Å². The average molecular weight is 582 g/mol. The maximum Gasteiger partial charge on any atom is 0.270 e. The minimum absolute atomic E-state index is 0.000491. The third kappa shape index (κ3) is 6.01. The molecule has 1 aliphatic rings. The summed E-state index contributed by atoms with van der Waals surface area (Å²) < 4.78 is 12.4. The zero-order chi connectivity index (χ0) is 26.5. The van der Waals surface area contributed by atoms with E-state index < -0.39 is 16.7 Å². The predicted molar refractivity (Wildman–Crippen MR) is 145 cm³/mol. The van der Waals surface area contributed by atoms with E-state index >= 15 is 0 Å². The van der Waals surface area contributed by atoms with Crippen molar-refractivity contribution < 1.29 is 24.0 Å². The molecule has 0 spiro atoms. The van der Waals surface area contributed by atoms with Gasteiger partial charge in [-0.3, -0.25) is 29.9 Å². The van der Waals surface area contributed by atoms with Gasteiger partial charge in [-0.2, -0.15) is 0 Å². The highest BCUT2D eigenvalue weighted by Gasteiger charge is 2.34. The lowest BCUT2D eigenvalue weighted by Gasteiger charge is -2.29. The van der Waals surface area contributed by atoms with Gasteiger partial charge in [0.1, 0.15) is 12.2 Å². The van der Waals surface area contributed by atoms with Crippen LogP contribution in [0.25, 0.3) is 6.08 Å². The summed E-state index contributed by atoms with van der Waals surface area (Å²) in [4.78, 5) is 37.5. The number of ether oxygens (including phenoxy) is 2. The Balaban J connectivity index is 1.57. The smallest absolute Gasteiger partial charge is 0.270 e. The molecular weight excluding hydrogens is 562 g/mol. The van der Waals surface area contributed by atoms with Gasteiger partial charge in [0.25, 0.3) is 17.5 Å². The Kier molecular flexibility index (Phi) is 7.95. The van der Waals surface area contributed by atoms with Crippen molar-refractivity contribution in [3.63, 3.8) is 0 Å². The van der Waals surface area contributed by atoms with Crippen molar-refractivity contribution in [2.75, 3.05) is 11.5 Å². The van der Waals surface area contributed by atoms with Crippen LogP contribution in [0.1, 0.15) is 18.1 Å². The number of nitrogens with zero attached hydrogens (tertiary/aromatic N) is 2. The van der Waals surface area contributed by atoms with E-state index in [2.05, 4.69) is 21.2 Å². The van der Waals surface area contributed by atoms with Crippen LogP contribution in [0.3, 0.4) is 0 Å². The summed E-state index contributed by atoms with van der Waals surface area (Å²) in [6.45, 7) is 2.35. The molecule has 0 aromatic heterocycles. The Morgan fingerprint density at radius 1 is 1.03 bits per heavy atom. The van der Waals surface area contributed by atoms with E-state index in [0.717, 1.165) is 10.0 Å². The molecule has 11 heteroatoms. The summed E-state index contributed by atoms with van der Waals surface area (Å²) in [7, 11) is 0. The number of nitro groups is 1. The molecule has 1 heterocycles. The first-order valence-corrected chi connectivity index (χ1v) is 12.3. The monoisotopic (exact) mass is 581 g/mol. The lowest BCUT2D eigenvalue weighted by Crippen LogP contribution is -2.54. The molecule has 2 amide bonds. The van der Waals surface area contributed by atoms with Crippen molar-refractivity contribution in [1.29, 1.82) is 0 Å². The molecule has 1 aliphatic heterocycles. The third-order valence-corrected chi connectivity index (χ3v) is 6.12. The molecule has 0 atom stereocenters. The van der Waals surface area contributed by atoms with E-state index in [4.69, 9.17) is 21.7 Å². The Labute approximate surface area is 226 Å². The quantitative estimate of drug-likeness (QED) is 0.128. The number of hydrogen-bond acceptors (Lipinski definition) is 7. The van der Waals surface area contributed by atoms with Gasteiger partial charge < -0.3 is 9.47 Å². The van der Waals surface area contributed by atoms with Gasteiger partial charge in [0.15, 0.2) is 16.6 Å². The number of nitro benzene ring substituents is 1. The highest BCUT2D eigenvalue weighted by molar-refractivity contribution is 9.10. The summed E-state index contributed by atoms with van der Waals surface area (Å²) in [5, 5.41) is 13.4. The molecule has 1 fully saturated rings. The SMILES string of the molecule is CCOc1cc(/C=C2\C(=O)NC(=S)N(c3ccc(Br)cc3)C2=O)ccc1OCc1ccc([N+](=O)[O-])cc1. The molecule has 4 rings (SSSR count). The number of rotatable bonds is 8. The molecule has 37 heavy (non-hydrogen) atoms. The molecule has 1 saturated heterocycles. The minimum Gasteiger partial charge on any atom is -0.490 e. The van der Waals surface area contributed by atoms with Gasteiger partial charge in [-0.25, -0.2) is 0 Å². The second-order valence-corrected chi connectivity index (χ2v) is 9.09. The maximum absolute atomic E-state index is 13.2. The number of thiocarbonyl (C=S) groups is 1. The number of carbonyl (C=O) groups is 2. The topological polar surface area (TPSA) is 111 Å². The van der Waals surface area contributed by atoms with Crippen molar-refractivity contribution in [3.05, 3.63) is 98.0 Å². The number of carbonyl (C=O) groups excluding carboxylic acids is 2.